The van der Waals surface area contributed by atoms with Gasteiger partial charge in [0.15, 0.2) is 5.82 Å². The van der Waals surface area contributed by atoms with Gasteiger partial charge in [0.1, 0.15) is 37.1 Å². The number of H-pyrrole nitrogens is 3. The second-order valence-corrected chi connectivity index (χ2v) is 21.5. The summed E-state index contributed by atoms with van der Waals surface area (Å²) in [4.78, 5) is 14.0. The minimum Gasteiger partial charge on any atom is -0.487 e. The molecule has 0 aliphatic heterocycles. The molecule has 0 saturated carbocycles. The molecule has 6 aromatic heterocycles. The van der Waals surface area contributed by atoms with Crippen molar-refractivity contribution in [3.05, 3.63) is 317 Å². The van der Waals surface area contributed by atoms with E-state index in [-0.39, 0.29) is 0 Å². The molecule has 0 bridgehead atoms. The van der Waals surface area contributed by atoms with Crippen LogP contribution in [-0.4, -0.2) is 76.8 Å². The summed E-state index contributed by atoms with van der Waals surface area (Å²) < 4.78 is 18.0. The number of benzene rings is 9. The number of fused-ring (bicyclic) bond motifs is 3. The third-order valence-electron chi connectivity index (χ3n) is 15.0. The summed E-state index contributed by atoms with van der Waals surface area (Å²) in [7, 11) is 0. The molecule has 18 nitrogen and oxygen atoms in total. The number of aromatic nitrogens is 15. The predicted octanol–water partition coefficient (Wildman–Crippen LogP) is 13.7. The molecule has 0 atom stereocenters. The summed E-state index contributed by atoms with van der Waals surface area (Å²) >= 11 is 0. The van der Waals surface area contributed by atoms with Gasteiger partial charge in [0.25, 0.3) is 0 Å². The fraction of sp³-hybridized carbons (Fsp3) is 0.0959. The second kappa shape index (κ2) is 28.6. The average molecular weight is 1190 g/mol. The van der Waals surface area contributed by atoms with Crippen LogP contribution in [-0.2, 0) is 45.5 Å². The first kappa shape index (κ1) is 57.9. The first-order valence-electron chi connectivity index (χ1n) is 29.6. The highest BCUT2D eigenvalue weighted by Crippen LogP contribution is 2.26. The van der Waals surface area contributed by atoms with Gasteiger partial charge in [0, 0.05) is 33.7 Å². The minimum absolute atomic E-state index is 0.424. The number of hydrogen-bond acceptors (Lipinski definition) is 15. The van der Waals surface area contributed by atoms with Crippen molar-refractivity contribution in [2.75, 3.05) is 0 Å². The highest BCUT2D eigenvalue weighted by molar-refractivity contribution is 5.80. The molecule has 0 amide bonds. The molecule has 0 fully saturated rings. The largest absolute Gasteiger partial charge is 0.487 e. The number of nitrogens with one attached hydrogen (secondary N) is 3. The highest BCUT2D eigenvalue weighted by Gasteiger charge is 2.12. The number of hydrogen-bond donors (Lipinski definition) is 3. The van der Waals surface area contributed by atoms with E-state index in [0.29, 0.717) is 43.7 Å². The Kier molecular flexibility index (Phi) is 18.2. The van der Waals surface area contributed by atoms with E-state index in [0.717, 1.165) is 114 Å². The van der Waals surface area contributed by atoms with Gasteiger partial charge in [-0.25, -0.2) is 15.0 Å². The van der Waals surface area contributed by atoms with Gasteiger partial charge >= 0.3 is 0 Å². The summed E-state index contributed by atoms with van der Waals surface area (Å²) in [6, 6.07) is 85.8. The van der Waals surface area contributed by atoms with Crippen molar-refractivity contribution in [1.82, 2.24) is 76.8 Å². The quantitative estimate of drug-likeness (QED) is 0.0684. The predicted molar refractivity (Wildman–Crippen MR) is 349 cm³/mol. The van der Waals surface area contributed by atoms with E-state index >= 15 is 0 Å². The van der Waals surface area contributed by atoms with Crippen LogP contribution in [0, 0.1) is 0 Å². The maximum absolute atomic E-state index is 6.02. The van der Waals surface area contributed by atoms with E-state index in [2.05, 4.69) is 192 Å². The lowest BCUT2D eigenvalue weighted by molar-refractivity contribution is 0.301. The van der Waals surface area contributed by atoms with Crippen LogP contribution < -0.4 is 14.2 Å². The van der Waals surface area contributed by atoms with Crippen LogP contribution in [0.1, 0.15) is 61.9 Å². The van der Waals surface area contributed by atoms with Crippen molar-refractivity contribution >= 4 is 32.7 Å². The van der Waals surface area contributed by atoms with Crippen LogP contribution in [0.3, 0.4) is 0 Å². The third kappa shape index (κ3) is 15.7. The summed E-state index contributed by atoms with van der Waals surface area (Å²) in [5, 5.41) is 46.0. The molecule has 0 aliphatic carbocycles. The fourth-order valence-corrected chi connectivity index (χ4v) is 10.4. The lowest BCUT2D eigenvalue weighted by Gasteiger charge is -2.10. The van der Waals surface area contributed by atoms with Crippen LogP contribution in [0.5, 0.6) is 17.2 Å². The molecule has 18 heteroatoms. The summed E-state index contributed by atoms with van der Waals surface area (Å²) in [5.41, 5.74) is 15.9. The van der Waals surface area contributed by atoms with Gasteiger partial charge in [-0.1, -0.05) is 187 Å². The fourth-order valence-electron chi connectivity index (χ4n) is 10.4. The normalized spacial score (nSPS) is 10.9. The standard InChI is InChI=1S/C25H21N5O.2C24H19N5O/c1-2-10-24-21(8-1)11-12-22(26-24)17-31-23-9-4-7-19(15-23)13-18-5-3-6-20(14-18)16-25-27-29-30-28-25;1-3-10-22(24-26-28-29-27-24)19(8-1)14-17-6-5-9-21(15-17)30-16-20-13-12-18-7-2-4-11-23(18)25-20;1-2-4-23-19(3-1)11-12-21(25-23)16-30-22-13-7-18(8-14-22)15-17-5-9-20(10-6-17)24-26-28-29-27-24/h1-12,14-15H,13,16-17H2,(H,27,28,29,30);1-13,15H,14,16H2,(H,26,27,28,29);1-14H,15-16H2,(H,26,27,28,29). The molecular formula is C73H59N15O3. The van der Waals surface area contributed by atoms with Crippen molar-refractivity contribution < 1.29 is 14.2 Å². The zero-order valence-corrected chi connectivity index (χ0v) is 49.3. The lowest BCUT2D eigenvalue weighted by Crippen LogP contribution is -1.99. The van der Waals surface area contributed by atoms with Gasteiger partial charge in [0.2, 0.25) is 11.6 Å². The smallest absolute Gasteiger partial charge is 0.204 e. The number of pyridine rings is 3. The van der Waals surface area contributed by atoms with Crippen molar-refractivity contribution in [2.24, 2.45) is 0 Å². The molecule has 6 heterocycles. The highest BCUT2D eigenvalue weighted by atomic mass is 16.5. The Bertz CT molecular complexity index is 4800. The molecular weight excluding hydrogens is 1130 g/mol. The molecule has 0 unspecified atom stereocenters. The van der Waals surface area contributed by atoms with Crippen LogP contribution in [0.4, 0.5) is 0 Å². The van der Waals surface area contributed by atoms with Gasteiger partial charge < -0.3 is 14.2 Å². The molecule has 0 spiro atoms. The number of nitrogens with zero attached hydrogens (tertiary/aromatic N) is 12. The molecule has 91 heavy (non-hydrogen) atoms. The van der Waals surface area contributed by atoms with Crippen LogP contribution in [0.25, 0.3) is 55.5 Å². The minimum atomic E-state index is 0.424. The van der Waals surface area contributed by atoms with E-state index < -0.39 is 0 Å². The summed E-state index contributed by atoms with van der Waals surface area (Å²) in [6.07, 6.45) is 3.08. The number of rotatable bonds is 19. The van der Waals surface area contributed by atoms with Gasteiger partial charge in [-0.15, -0.1) is 30.6 Å². The van der Waals surface area contributed by atoms with Crippen molar-refractivity contribution in [3.8, 4) is 40.0 Å². The lowest BCUT2D eigenvalue weighted by atomic mass is 9.99. The first-order valence-corrected chi connectivity index (χ1v) is 29.6. The van der Waals surface area contributed by atoms with Gasteiger partial charge in [-0.05, 0) is 141 Å². The van der Waals surface area contributed by atoms with E-state index in [1.807, 2.05) is 140 Å². The Morgan fingerprint density at radius 1 is 0.297 bits per heavy atom. The summed E-state index contributed by atoms with van der Waals surface area (Å²) in [5.74, 6) is 4.38. The molecule has 3 N–H and O–H groups in total. The molecule has 0 radical (unpaired) electrons. The second-order valence-electron chi connectivity index (χ2n) is 21.5. The number of para-hydroxylation sites is 3. The first-order chi connectivity index (χ1) is 45.0. The Morgan fingerprint density at radius 2 is 0.736 bits per heavy atom. The number of aromatic amines is 3. The molecule has 0 aliphatic rings. The van der Waals surface area contributed by atoms with Crippen LogP contribution in [0.15, 0.2) is 255 Å². The van der Waals surface area contributed by atoms with Gasteiger partial charge in [-0.3, -0.25) is 0 Å². The van der Waals surface area contributed by atoms with Gasteiger partial charge in [-0.2, -0.15) is 15.6 Å². The van der Waals surface area contributed by atoms with Gasteiger partial charge in [0.05, 0.1) is 33.6 Å². The van der Waals surface area contributed by atoms with E-state index in [1.54, 1.807) is 0 Å². The Hall–Kier alpha value is -12.2. The molecule has 9 aromatic carbocycles. The molecule has 15 aromatic rings. The van der Waals surface area contributed by atoms with E-state index in [9.17, 15) is 0 Å². The van der Waals surface area contributed by atoms with Crippen molar-refractivity contribution in [3.63, 3.8) is 0 Å². The Labute approximate surface area is 523 Å². The SMILES string of the molecule is c1cc(Cc2cccc(OCc3ccc4ccccc4n3)c2)cc(Cc2nn[nH]n2)c1.c1cc(Cc2ccccc2-c2nn[nH]n2)cc(OCc2ccc3ccccc3n2)c1.c1ccc2nc(COc3ccc(Cc4ccc(-c5nn[nH]n5)cc4)cc3)ccc2c1. The Balaban J connectivity index is 0.000000125. The van der Waals surface area contributed by atoms with E-state index in [4.69, 9.17) is 14.2 Å². The monoisotopic (exact) mass is 1190 g/mol. The van der Waals surface area contributed by atoms with E-state index in [1.165, 1.54) is 22.3 Å². The summed E-state index contributed by atoms with van der Waals surface area (Å²) in [6.45, 7) is 1.31. The molecule has 444 valence electrons. The van der Waals surface area contributed by atoms with Crippen molar-refractivity contribution in [2.45, 2.75) is 45.5 Å². The van der Waals surface area contributed by atoms with Crippen LogP contribution >= 0.6 is 0 Å². The topological polar surface area (TPSA) is 230 Å². The number of tetrazole rings is 3. The zero-order chi connectivity index (χ0) is 61.2. The van der Waals surface area contributed by atoms with Crippen LogP contribution in [0.2, 0.25) is 0 Å². The average Bonchev–Trinajstić information content (AvgIpc) is 4.31. The molecule has 0 saturated heterocycles. The zero-order valence-electron chi connectivity index (χ0n) is 49.3. The maximum Gasteiger partial charge on any atom is 0.204 e. The third-order valence-corrected chi connectivity index (χ3v) is 15.0. The number of ether oxygens (including phenoxy) is 3. The molecule has 15 rings (SSSR count). The maximum atomic E-state index is 6.02. The Morgan fingerprint density at radius 3 is 1.27 bits per heavy atom. The van der Waals surface area contributed by atoms with Crippen molar-refractivity contribution in [1.29, 1.82) is 0 Å².